The van der Waals surface area contributed by atoms with Crippen molar-refractivity contribution in [1.29, 1.82) is 0 Å². The van der Waals surface area contributed by atoms with Crippen LogP contribution in [0.1, 0.15) is 17.2 Å². The Hall–Kier alpha value is -3.48. The molecule has 7 nitrogen and oxygen atoms in total. The summed E-state index contributed by atoms with van der Waals surface area (Å²) in [5.41, 5.74) is 0.973. The van der Waals surface area contributed by atoms with Gasteiger partial charge >= 0.3 is 0 Å². The molecule has 27 heavy (non-hydrogen) atoms. The third-order valence-electron chi connectivity index (χ3n) is 4.38. The summed E-state index contributed by atoms with van der Waals surface area (Å²) in [5.74, 6) is -0.310. The van der Waals surface area contributed by atoms with Crippen LogP contribution in [0.15, 0.2) is 48.0 Å². The standard InChI is InChI=1S/C20H19NO6/c1-25-13-7-4-11(5-8-13)17-16(19(23)20(24)21-17)18(22)12-6-9-14(26-2)15(10-12)27-3/h4-10,17,22H,1-3H3,(H,21,24). The molecule has 2 N–H and O–H groups in total. The zero-order chi connectivity index (χ0) is 19.6. The summed E-state index contributed by atoms with van der Waals surface area (Å²) in [7, 11) is 4.51. The molecule has 1 amide bonds. The number of hydrogen-bond acceptors (Lipinski definition) is 6. The van der Waals surface area contributed by atoms with Gasteiger partial charge in [0, 0.05) is 5.56 Å². The average Bonchev–Trinajstić information content (AvgIpc) is 3.01. The number of methoxy groups -OCH3 is 3. The van der Waals surface area contributed by atoms with Crippen molar-refractivity contribution in [1.82, 2.24) is 5.32 Å². The van der Waals surface area contributed by atoms with Crippen LogP contribution < -0.4 is 19.5 Å². The van der Waals surface area contributed by atoms with E-state index in [1.165, 1.54) is 14.2 Å². The first-order chi connectivity index (χ1) is 13.0. The molecule has 2 aromatic rings. The smallest absolute Gasteiger partial charge is 0.293 e. The van der Waals surface area contributed by atoms with E-state index in [-0.39, 0.29) is 11.3 Å². The lowest BCUT2D eigenvalue weighted by Gasteiger charge is -2.15. The molecule has 140 valence electrons. The van der Waals surface area contributed by atoms with Gasteiger partial charge in [0.25, 0.3) is 11.7 Å². The van der Waals surface area contributed by atoms with Crippen LogP contribution in [-0.4, -0.2) is 38.1 Å². The van der Waals surface area contributed by atoms with E-state index in [1.807, 2.05) is 0 Å². The lowest BCUT2D eigenvalue weighted by molar-refractivity contribution is -0.133. The van der Waals surface area contributed by atoms with Crippen molar-refractivity contribution in [2.24, 2.45) is 0 Å². The first-order valence-electron chi connectivity index (χ1n) is 8.14. The van der Waals surface area contributed by atoms with Gasteiger partial charge in [0.15, 0.2) is 11.5 Å². The Morgan fingerprint density at radius 2 is 1.59 bits per heavy atom. The maximum atomic E-state index is 12.4. The van der Waals surface area contributed by atoms with Gasteiger partial charge in [0.2, 0.25) is 0 Å². The van der Waals surface area contributed by atoms with E-state index in [2.05, 4.69) is 5.32 Å². The molecule has 1 unspecified atom stereocenters. The van der Waals surface area contributed by atoms with Gasteiger partial charge in [0.05, 0.1) is 32.9 Å². The number of Topliss-reactive ketones (excluding diaryl/α,β-unsaturated/α-hetero) is 1. The second-order valence-electron chi connectivity index (χ2n) is 5.84. The fraction of sp³-hybridized carbons (Fsp3) is 0.200. The summed E-state index contributed by atoms with van der Waals surface area (Å²) < 4.78 is 15.5. The number of nitrogens with one attached hydrogen (secondary N) is 1. The number of aliphatic hydroxyl groups excluding tert-OH is 1. The molecule has 0 radical (unpaired) electrons. The van der Waals surface area contributed by atoms with Crippen molar-refractivity contribution in [3.8, 4) is 17.2 Å². The normalized spacial score (nSPS) is 18.1. The summed E-state index contributed by atoms with van der Waals surface area (Å²) in [5, 5.41) is 13.4. The monoisotopic (exact) mass is 369 g/mol. The van der Waals surface area contributed by atoms with Crippen molar-refractivity contribution in [2.75, 3.05) is 21.3 Å². The zero-order valence-electron chi connectivity index (χ0n) is 15.1. The zero-order valence-corrected chi connectivity index (χ0v) is 15.1. The van der Waals surface area contributed by atoms with E-state index in [4.69, 9.17) is 14.2 Å². The highest BCUT2D eigenvalue weighted by molar-refractivity contribution is 6.46. The van der Waals surface area contributed by atoms with Crippen LogP contribution in [0.25, 0.3) is 5.76 Å². The molecule has 0 bridgehead atoms. The number of carbonyl (C=O) groups is 2. The fourth-order valence-electron chi connectivity index (χ4n) is 2.95. The Labute approximate surface area is 156 Å². The van der Waals surface area contributed by atoms with E-state index in [1.54, 1.807) is 49.6 Å². The van der Waals surface area contributed by atoms with E-state index in [9.17, 15) is 14.7 Å². The molecular formula is C20H19NO6. The van der Waals surface area contributed by atoms with Gasteiger partial charge in [-0.05, 0) is 35.9 Å². The molecule has 0 spiro atoms. The number of hydrogen-bond donors (Lipinski definition) is 2. The average molecular weight is 369 g/mol. The van der Waals surface area contributed by atoms with E-state index in [0.717, 1.165) is 0 Å². The van der Waals surface area contributed by atoms with Crippen LogP contribution in [0.3, 0.4) is 0 Å². The first-order valence-corrected chi connectivity index (χ1v) is 8.14. The molecule has 3 rings (SSSR count). The number of amides is 1. The maximum absolute atomic E-state index is 12.4. The van der Waals surface area contributed by atoms with Gasteiger partial charge in [-0.3, -0.25) is 9.59 Å². The molecule has 1 aliphatic rings. The van der Waals surface area contributed by atoms with Crippen molar-refractivity contribution in [3.63, 3.8) is 0 Å². The number of rotatable bonds is 5. The Morgan fingerprint density at radius 3 is 2.19 bits per heavy atom. The number of ether oxygens (including phenoxy) is 3. The lowest BCUT2D eigenvalue weighted by atomic mass is 9.95. The Bertz CT molecular complexity index is 917. The van der Waals surface area contributed by atoms with Crippen LogP contribution in [-0.2, 0) is 9.59 Å². The molecule has 1 atom stereocenters. The molecule has 1 saturated heterocycles. The Morgan fingerprint density at radius 1 is 0.926 bits per heavy atom. The minimum Gasteiger partial charge on any atom is -0.507 e. The van der Waals surface area contributed by atoms with Gasteiger partial charge in [-0.15, -0.1) is 0 Å². The molecule has 0 saturated carbocycles. The van der Waals surface area contributed by atoms with Gasteiger partial charge in [-0.2, -0.15) is 0 Å². The second-order valence-corrected chi connectivity index (χ2v) is 5.84. The summed E-state index contributed by atoms with van der Waals surface area (Å²) in [6.45, 7) is 0. The van der Waals surface area contributed by atoms with E-state index in [0.29, 0.717) is 28.4 Å². The quantitative estimate of drug-likeness (QED) is 0.478. The molecular weight excluding hydrogens is 350 g/mol. The highest BCUT2D eigenvalue weighted by Gasteiger charge is 2.39. The summed E-state index contributed by atoms with van der Waals surface area (Å²) in [6.07, 6.45) is 0. The van der Waals surface area contributed by atoms with Crippen molar-refractivity contribution >= 4 is 17.4 Å². The maximum Gasteiger partial charge on any atom is 0.293 e. The first kappa shape index (κ1) is 18.3. The second kappa shape index (κ2) is 7.41. The number of aliphatic hydroxyl groups is 1. The molecule has 0 aromatic heterocycles. The van der Waals surface area contributed by atoms with Gasteiger partial charge in [0.1, 0.15) is 11.5 Å². The highest BCUT2D eigenvalue weighted by atomic mass is 16.5. The summed E-state index contributed by atoms with van der Waals surface area (Å²) in [6, 6.07) is 10.9. The van der Waals surface area contributed by atoms with E-state index < -0.39 is 17.7 Å². The summed E-state index contributed by atoms with van der Waals surface area (Å²) >= 11 is 0. The molecule has 0 aliphatic carbocycles. The van der Waals surface area contributed by atoms with Crippen LogP contribution in [0.5, 0.6) is 17.2 Å². The van der Waals surface area contributed by atoms with Crippen LogP contribution >= 0.6 is 0 Å². The molecule has 1 heterocycles. The topological polar surface area (TPSA) is 94.1 Å². The highest BCUT2D eigenvalue weighted by Crippen LogP contribution is 2.36. The van der Waals surface area contributed by atoms with E-state index >= 15 is 0 Å². The summed E-state index contributed by atoms with van der Waals surface area (Å²) in [4.78, 5) is 24.4. The van der Waals surface area contributed by atoms with Crippen molar-refractivity contribution in [3.05, 3.63) is 59.2 Å². The molecule has 2 aromatic carbocycles. The number of ketones is 1. The van der Waals surface area contributed by atoms with Gasteiger partial charge in [-0.25, -0.2) is 0 Å². The minimum atomic E-state index is -0.775. The number of benzene rings is 2. The molecule has 1 fully saturated rings. The minimum absolute atomic E-state index is 0.0163. The van der Waals surface area contributed by atoms with Crippen LogP contribution in [0.4, 0.5) is 0 Å². The predicted molar refractivity (Wildman–Crippen MR) is 98.0 cm³/mol. The third kappa shape index (κ3) is 3.31. The third-order valence-corrected chi connectivity index (χ3v) is 4.38. The van der Waals surface area contributed by atoms with Gasteiger partial charge in [-0.1, -0.05) is 12.1 Å². The van der Waals surface area contributed by atoms with Crippen LogP contribution in [0, 0.1) is 0 Å². The van der Waals surface area contributed by atoms with Gasteiger partial charge < -0.3 is 24.6 Å². The molecule has 1 aliphatic heterocycles. The Balaban J connectivity index is 2.08. The lowest BCUT2D eigenvalue weighted by Crippen LogP contribution is -2.21. The number of carbonyl (C=O) groups excluding carboxylic acids is 2. The molecule has 7 heteroatoms. The van der Waals surface area contributed by atoms with Crippen LogP contribution in [0.2, 0.25) is 0 Å². The SMILES string of the molecule is COc1ccc(C2NC(=O)C(=O)C2=C(O)c2ccc(OC)c(OC)c2)cc1. The predicted octanol–water partition coefficient (Wildman–Crippen LogP) is 2.42. The Kier molecular flexibility index (Phi) is 5.03. The largest absolute Gasteiger partial charge is 0.507 e. The van der Waals surface area contributed by atoms with Crippen molar-refractivity contribution < 1.29 is 28.9 Å². The fourth-order valence-corrected chi connectivity index (χ4v) is 2.95. The van der Waals surface area contributed by atoms with Crippen molar-refractivity contribution in [2.45, 2.75) is 6.04 Å².